The van der Waals surface area contributed by atoms with Gasteiger partial charge in [0.25, 0.3) is 0 Å². The molecule has 57 heavy (non-hydrogen) atoms. The van der Waals surface area contributed by atoms with E-state index in [0.717, 1.165) is 5.56 Å². The monoisotopic (exact) mass is 807 g/mol. The normalized spacial score (nSPS) is 15.7. The van der Waals surface area contributed by atoms with E-state index in [0.29, 0.717) is 30.5 Å². The maximum atomic E-state index is 14.4. The number of nitrogens with zero attached hydrogens (tertiary/aromatic N) is 2. The molecule has 0 heterocycles. The van der Waals surface area contributed by atoms with E-state index in [-0.39, 0.29) is 36.2 Å². The zero-order chi connectivity index (χ0) is 42.3. The predicted molar refractivity (Wildman–Crippen MR) is 222 cm³/mol. The summed E-state index contributed by atoms with van der Waals surface area (Å²) in [7, 11) is -3.91. The second kappa shape index (κ2) is 18.4. The van der Waals surface area contributed by atoms with E-state index in [4.69, 9.17) is 10.5 Å². The van der Waals surface area contributed by atoms with E-state index in [1.165, 1.54) is 33.5 Å². The van der Waals surface area contributed by atoms with Gasteiger partial charge in [-0.1, -0.05) is 84.0 Å². The van der Waals surface area contributed by atoms with Crippen LogP contribution in [0.2, 0.25) is 0 Å². The van der Waals surface area contributed by atoms with Crippen molar-refractivity contribution in [3.63, 3.8) is 0 Å². The average molecular weight is 808 g/mol. The van der Waals surface area contributed by atoms with Gasteiger partial charge in [0.05, 0.1) is 10.4 Å². The molecule has 0 radical (unpaired) electrons. The van der Waals surface area contributed by atoms with Crippen LogP contribution in [0.4, 0.5) is 14.9 Å². The number of ether oxygens (including phenoxy) is 1. The van der Waals surface area contributed by atoms with Crippen LogP contribution in [0.15, 0.2) is 83.8 Å². The molecule has 0 spiro atoms. The van der Waals surface area contributed by atoms with Crippen molar-refractivity contribution in [1.29, 1.82) is 0 Å². The number of benzene rings is 3. The van der Waals surface area contributed by atoms with Crippen molar-refractivity contribution in [2.24, 2.45) is 17.3 Å². The summed E-state index contributed by atoms with van der Waals surface area (Å²) in [6.07, 6.45) is 0.979. The highest BCUT2D eigenvalue weighted by molar-refractivity contribution is 7.89. The SMILES string of the molecule is CC(C)CN(C[C@@H](C)[C@H](Cc1ccccc1)NC(=O)[C@H](CC(C)(C)C)NC(=O)CN(C(=O)OC(C)(C)C)C1(c2cccc(F)c2)CC1)S(=O)(=O)c1ccc(N)cc1. The van der Waals surface area contributed by atoms with Crippen LogP contribution in [0.1, 0.15) is 92.7 Å². The summed E-state index contributed by atoms with van der Waals surface area (Å²) < 4.78 is 49.6. The van der Waals surface area contributed by atoms with Gasteiger partial charge in [-0.05, 0) is 111 Å². The topological polar surface area (TPSA) is 151 Å². The lowest BCUT2D eigenvalue weighted by Crippen LogP contribution is -2.56. The number of carbonyl (C=O) groups is 3. The number of hydrogen-bond donors (Lipinski definition) is 3. The molecule has 0 aliphatic heterocycles. The molecule has 312 valence electrons. The maximum Gasteiger partial charge on any atom is 0.411 e. The Kier molecular flexibility index (Phi) is 14.6. The number of carbonyl (C=O) groups excluding carboxylic acids is 3. The molecule has 1 aliphatic rings. The molecule has 4 rings (SSSR count). The van der Waals surface area contributed by atoms with Gasteiger partial charge in [-0.25, -0.2) is 17.6 Å². The van der Waals surface area contributed by atoms with Crippen LogP contribution in [0.25, 0.3) is 0 Å². The van der Waals surface area contributed by atoms with Crippen LogP contribution >= 0.6 is 0 Å². The second-order valence-electron chi connectivity index (χ2n) is 18.1. The van der Waals surface area contributed by atoms with E-state index in [9.17, 15) is 27.2 Å². The number of hydrogen-bond acceptors (Lipinski definition) is 7. The molecule has 13 heteroatoms. The minimum Gasteiger partial charge on any atom is -0.444 e. The van der Waals surface area contributed by atoms with Crippen LogP contribution in [0.5, 0.6) is 0 Å². The van der Waals surface area contributed by atoms with Crippen molar-refractivity contribution >= 4 is 33.6 Å². The molecule has 0 unspecified atom stereocenters. The summed E-state index contributed by atoms with van der Waals surface area (Å²) >= 11 is 0. The fourth-order valence-corrected chi connectivity index (χ4v) is 8.69. The van der Waals surface area contributed by atoms with E-state index in [1.54, 1.807) is 45.0 Å². The Balaban J connectivity index is 1.62. The molecule has 0 bridgehead atoms. The summed E-state index contributed by atoms with van der Waals surface area (Å²) in [5, 5.41) is 6.11. The highest BCUT2D eigenvalue weighted by atomic mass is 32.2. The summed E-state index contributed by atoms with van der Waals surface area (Å²) in [5.41, 5.74) is 5.63. The smallest absolute Gasteiger partial charge is 0.411 e. The lowest BCUT2D eigenvalue weighted by molar-refractivity contribution is -0.131. The molecular formula is C44H62FN5O6S. The van der Waals surface area contributed by atoms with Crippen molar-refractivity contribution in [3.8, 4) is 0 Å². The summed E-state index contributed by atoms with van der Waals surface area (Å²) in [4.78, 5) is 43.6. The standard InChI is InChI=1S/C44H62FN5O6S/c1-30(2)27-49(57(54,55)36-20-18-35(46)19-21-36)28-31(3)37(24-32-14-11-10-12-15-32)48-40(52)38(26-42(4,5)6)47-39(51)29-50(41(53)56-43(7,8)9)44(22-23-44)33-16-13-17-34(45)25-33/h10-21,25,30-31,37-38H,22-24,26-29,46H2,1-9H3,(H,47,51)(H,48,52)/t31-,37+,38+/m1/s1. The number of rotatable bonds is 17. The molecule has 11 nitrogen and oxygen atoms in total. The largest absolute Gasteiger partial charge is 0.444 e. The first-order chi connectivity index (χ1) is 26.5. The number of amides is 3. The van der Waals surface area contributed by atoms with Crippen LogP contribution in [-0.2, 0) is 36.3 Å². The average Bonchev–Trinajstić information content (AvgIpc) is 3.91. The predicted octanol–water partition coefficient (Wildman–Crippen LogP) is 7.27. The molecule has 4 N–H and O–H groups in total. The third kappa shape index (κ3) is 13.0. The van der Waals surface area contributed by atoms with Gasteiger partial charge in [0, 0.05) is 24.8 Å². The lowest BCUT2D eigenvalue weighted by atomic mass is 9.87. The summed E-state index contributed by atoms with van der Waals surface area (Å²) in [5.74, 6) is -1.81. The molecule has 1 fully saturated rings. The van der Waals surface area contributed by atoms with Gasteiger partial charge in [0.2, 0.25) is 21.8 Å². The molecule has 0 saturated heterocycles. The number of halogens is 1. The fourth-order valence-electron chi connectivity index (χ4n) is 6.98. The van der Waals surface area contributed by atoms with Crippen LogP contribution in [0, 0.1) is 23.1 Å². The van der Waals surface area contributed by atoms with Crippen molar-refractivity contribution in [2.75, 3.05) is 25.4 Å². The molecule has 3 aromatic rings. The van der Waals surface area contributed by atoms with Crippen molar-refractivity contribution in [3.05, 3.63) is 95.8 Å². The number of nitrogens with one attached hydrogen (secondary N) is 2. The third-order valence-corrected chi connectivity index (χ3v) is 11.7. The number of sulfonamides is 1. The maximum absolute atomic E-state index is 14.4. The zero-order valence-electron chi connectivity index (χ0n) is 35.0. The first-order valence-electron chi connectivity index (χ1n) is 19.7. The fraction of sp³-hybridized carbons (Fsp3) is 0.523. The third-order valence-electron chi connectivity index (χ3n) is 9.88. The van der Waals surface area contributed by atoms with Gasteiger partial charge in [-0.2, -0.15) is 4.31 Å². The van der Waals surface area contributed by atoms with Gasteiger partial charge in [-0.3, -0.25) is 14.5 Å². The molecule has 3 amide bonds. The van der Waals surface area contributed by atoms with E-state index < -0.39 is 68.9 Å². The van der Waals surface area contributed by atoms with Crippen molar-refractivity contribution < 1.29 is 31.9 Å². The van der Waals surface area contributed by atoms with Crippen molar-refractivity contribution in [2.45, 2.75) is 116 Å². The Labute approximate surface area is 339 Å². The Morgan fingerprint density at radius 2 is 1.51 bits per heavy atom. The molecule has 1 aliphatic carbocycles. The Hall–Kier alpha value is -4.49. The van der Waals surface area contributed by atoms with Crippen LogP contribution in [-0.4, -0.2) is 72.8 Å². The number of nitrogen functional groups attached to an aromatic ring is 1. The quantitative estimate of drug-likeness (QED) is 0.122. The first-order valence-corrected chi connectivity index (χ1v) is 21.2. The van der Waals surface area contributed by atoms with Gasteiger partial charge in [0.15, 0.2) is 0 Å². The minimum absolute atomic E-state index is 0.0187. The van der Waals surface area contributed by atoms with E-state index in [2.05, 4.69) is 10.6 Å². The van der Waals surface area contributed by atoms with Gasteiger partial charge >= 0.3 is 6.09 Å². The number of anilines is 1. The Morgan fingerprint density at radius 3 is 2.05 bits per heavy atom. The summed E-state index contributed by atoms with van der Waals surface area (Å²) in [6, 6.07) is 20.2. The summed E-state index contributed by atoms with van der Waals surface area (Å²) in [6.45, 7) is 16.9. The van der Waals surface area contributed by atoms with Gasteiger partial charge < -0.3 is 21.1 Å². The Morgan fingerprint density at radius 1 is 0.877 bits per heavy atom. The lowest BCUT2D eigenvalue weighted by Gasteiger charge is -2.35. The van der Waals surface area contributed by atoms with Gasteiger partial charge in [-0.15, -0.1) is 0 Å². The van der Waals surface area contributed by atoms with E-state index in [1.807, 2.05) is 71.9 Å². The number of nitrogens with two attached hydrogens (primary N) is 1. The minimum atomic E-state index is -3.91. The highest BCUT2D eigenvalue weighted by Crippen LogP contribution is 2.51. The van der Waals surface area contributed by atoms with Gasteiger partial charge in [0.1, 0.15) is 24.0 Å². The second-order valence-corrected chi connectivity index (χ2v) is 20.0. The zero-order valence-corrected chi connectivity index (χ0v) is 35.8. The van der Waals surface area contributed by atoms with Crippen LogP contribution < -0.4 is 16.4 Å². The molecule has 0 aromatic heterocycles. The van der Waals surface area contributed by atoms with Crippen LogP contribution in [0.3, 0.4) is 0 Å². The first kappa shape index (κ1) is 45.2. The Bertz CT molecular complexity index is 1940. The van der Waals surface area contributed by atoms with E-state index >= 15 is 0 Å². The molecule has 3 atom stereocenters. The molecule has 1 saturated carbocycles. The molecular weight excluding hydrogens is 746 g/mol. The van der Waals surface area contributed by atoms with Crippen molar-refractivity contribution in [1.82, 2.24) is 19.8 Å². The highest BCUT2D eigenvalue weighted by Gasteiger charge is 2.53. The molecule has 3 aromatic carbocycles.